The van der Waals surface area contributed by atoms with E-state index in [4.69, 9.17) is 4.74 Å². The van der Waals surface area contributed by atoms with Crippen LogP contribution >= 0.6 is 0 Å². The van der Waals surface area contributed by atoms with Gasteiger partial charge in [0.2, 0.25) is 0 Å². The first kappa shape index (κ1) is 14.3. The first-order valence-corrected chi connectivity index (χ1v) is 7.36. The molecule has 0 atom stereocenters. The molecule has 0 N–H and O–H groups in total. The number of aromatic nitrogens is 3. The van der Waals surface area contributed by atoms with E-state index in [1.807, 2.05) is 47.3 Å². The lowest BCUT2D eigenvalue weighted by molar-refractivity contribution is 0.409. The summed E-state index contributed by atoms with van der Waals surface area (Å²) in [5, 5.41) is 8.45. The molecule has 0 fully saturated rings. The normalized spacial score (nSPS) is 10.6. The van der Waals surface area contributed by atoms with Gasteiger partial charge in [0.25, 0.3) is 0 Å². The van der Waals surface area contributed by atoms with E-state index in [-0.39, 0.29) is 0 Å². The molecule has 0 bridgehead atoms. The number of methoxy groups -OCH3 is 1. The second-order valence-electron chi connectivity index (χ2n) is 5.31. The van der Waals surface area contributed by atoms with Crippen LogP contribution in [0.15, 0.2) is 54.7 Å². The van der Waals surface area contributed by atoms with Crippen molar-refractivity contribution in [1.29, 1.82) is 0 Å². The van der Waals surface area contributed by atoms with E-state index in [2.05, 4.69) is 29.4 Å². The van der Waals surface area contributed by atoms with Crippen LogP contribution in [0.3, 0.4) is 0 Å². The third kappa shape index (κ3) is 3.17. The second-order valence-corrected chi connectivity index (χ2v) is 5.31. The molecule has 0 unspecified atom stereocenters. The standard InChI is InChI=1S/C18H19N3O/c1-14-8-11-18(22-2)15(12-14)9-10-16-13-21(20-19-16)17-6-4-3-5-7-17/h3-8,11-13H,9-10H2,1-2H3. The van der Waals surface area contributed by atoms with E-state index in [0.29, 0.717) is 0 Å². The topological polar surface area (TPSA) is 39.9 Å². The van der Waals surface area contributed by atoms with Crippen LogP contribution in [0.4, 0.5) is 0 Å². The maximum atomic E-state index is 5.42. The van der Waals surface area contributed by atoms with Crippen molar-refractivity contribution in [1.82, 2.24) is 15.0 Å². The van der Waals surface area contributed by atoms with Crippen molar-refractivity contribution >= 4 is 0 Å². The Morgan fingerprint density at radius 3 is 2.64 bits per heavy atom. The molecule has 1 heterocycles. The van der Waals surface area contributed by atoms with Crippen molar-refractivity contribution in [3.8, 4) is 11.4 Å². The fraction of sp³-hybridized carbons (Fsp3) is 0.222. The summed E-state index contributed by atoms with van der Waals surface area (Å²) in [5.74, 6) is 0.932. The Bertz CT molecular complexity index is 750. The Morgan fingerprint density at radius 1 is 1.05 bits per heavy atom. The van der Waals surface area contributed by atoms with Crippen molar-refractivity contribution in [2.45, 2.75) is 19.8 Å². The molecule has 0 amide bonds. The maximum Gasteiger partial charge on any atom is 0.122 e. The zero-order chi connectivity index (χ0) is 15.4. The monoisotopic (exact) mass is 293 g/mol. The smallest absolute Gasteiger partial charge is 0.122 e. The van der Waals surface area contributed by atoms with Crippen LogP contribution in [0.1, 0.15) is 16.8 Å². The molecule has 4 heteroatoms. The van der Waals surface area contributed by atoms with Gasteiger partial charge < -0.3 is 4.74 Å². The molecule has 0 spiro atoms. The molecule has 0 aliphatic heterocycles. The number of rotatable bonds is 5. The highest BCUT2D eigenvalue weighted by molar-refractivity contribution is 5.37. The number of benzene rings is 2. The van der Waals surface area contributed by atoms with E-state index in [1.165, 1.54) is 11.1 Å². The molecule has 0 saturated carbocycles. The lowest BCUT2D eigenvalue weighted by Gasteiger charge is -2.08. The zero-order valence-corrected chi connectivity index (χ0v) is 12.9. The zero-order valence-electron chi connectivity index (χ0n) is 12.9. The molecule has 22 heavy (non-hydrogen) atoms. The lowest BCUT2D eigenvalue weighted by Crippen LogP contribution is -1.96. The fourth-order valence-electron chi connectivity index (χ4n) is 2.49. The molecule has 1 aromatic heterocycles. The number of para-hydroxylation sites is 1. The molecule has 0 aliphatic carbocycles. The number of ether oxygens (including phenoxy) is 1. The van der Waals surface area contributed by atoms with Crippen molar-refractivity contribution in [2.24, 2.45) is 0 Å². The molecule has 2 aromatic carbocycles. The second kappa shape index (κ2) is 6.43. The predicted molar refractivity (Wildman–Crippen MR) is 86.5 cm³/mol. The van der Waals surface area contributed by atoms with Crippen LogP contribution in [0.5, 0.6) is 5.75 Å². The summed E-state index contributed by atoms with van der Waals surface area (Å²) in [6.07, 6.45) is 3.71. The summed E-state index contributed by atoms with van der Waals surface area (Å²) in [4.78, 5) is 0. The number of aryl methyl sites for hydroxylation is 3. The first-order chi connectivity index (χ1) is 10.8. The van der Waals surface area contributed by atoms with Crippen LogP contribution in [0, 0.1) is 6.92 Å². The van der Waals surface area contributed by atoms with Crippen LogP contribution in [-0.2, 0) is 12.8 Å². The molecule has 0 saturated heterocycles. The minimum absolute atomic E-state index is 0.840. The molecular formula is C18H19N3O. The summed E-state index contributed by atoms with van der Waals surface area (Å²) in [6.45, 7) is 2.09. The van der Waals surface area contributed by atoms with Gasteiger partial charge in [0.1, 0.15) is 5.75 Å². The van der Waals surface area contributed by atoms with E-state index in [1.54, 1.807) is 7.11 Å². The average Bonchev–Trinajstić information content (AvgIpc) is 3.03. The third-order valence-corrected chi connectivity index (χ3v) is 3.65. The van der Waals surface area contributed by atoms with E-state index in [9.17, 15) is 0 Å². The van der Waals surface area contributed by atoms with Gasteiger partial charge in [0, 0.05) is 0 Å². The predicted octanol–water partition coefficient (Wildman–Crippen LogP) is 3.37. The molecule has 0 aliphatic rings. The van der Waals surface area contributed by atoms with Gasteiger partial charge in [-0.3, -0.25) is 0 Å². The molecular weight excluding hydrogens is 274 g/mol. The lowest BCUT2D eigenvalue weighted by atomic mass is 10.0. The Balaban J connectivity index is 1.73. The number of hydrogen-bond acceptors (Lipinski definition) is 3. The summed E-state index contributed by atoms with van der Waals surface area (Å²) >= 11 is 0. The van der Waals surface area contributed by atoms with E-state index >= 15 is 0 Å². The van der Waals surface area contributed by atoms with Crippen LogP contribution in [0.25, 0.3) is 5.69 Å². The Morgan fingerprint density at radius 2 is 1.86 bits per heavy atom. The number of nitrogens with zero attached hydrogens (tertiary/aromatic N) is 3. The van der Waals surface area contributed by atoms with Crippen LogP contribution in [-0.4, -0.2) is 22.1 Å². The van der Waals surface area contributed by atoms with Gasteiger partial charge in [-0.15, -0.1) is 5.10 Å². The van der Waals surface area contributed by atoms with Gasteiger partial charge in [-0.05, 0) is 43.5 Å². The highest BCUT2D eigenvalue weighted by Crippen LogP contribution is 2.21. The average molecular weight is 293 g/mol. The van der Waals surface area contributed by atoms with E-state index < -0.39 is 0 Å². The van der Waals surface area contributed by atoms with Gasteiger partial charge in [-0.1, -0.05) is 41.1 Å². The Kier molecular flexibility index (Phi) is 4.19. The van der Waals surface area contributed by atoms with Gasteiger partial charge in [0.15, 0.2) is 0 Å². The van der Waals surface area contributed by atoms with Crippen LogP contribution < -0.4 is 4.74 Å². The van der Waals surface area contributed by atoms with Crippen molar-refractivity contribution < 1.29 is 4.74 Å². The Labute approximate surface area is 130 Å². The van der Waals surface area contributed by atoms with E-state index in [0.717, 1.165) is 30.0 Å². The van der Waals surface area contributed by atoms with Gasteiger partial charge in [-0.2, -0.15) is 0 Å². The third-order valence-electron chi connectivity index (χ3n) is 3.65. The molecule has 112 valence electrons. The highest BCUT2D eigenvalue weighted by atomic mass is 16.5. The van der Waals surface area contributed by atoms with Crippen molar-refractivity contribution in [2.75, 3.05) is 7.11 Å². The number of hydrogen-bond donors (Lipinski definition) is 0. The first-order valence-electron chi connectivity index (χ1n) is 7.36. The molecule has 3 rings (SSSR count). The minimum Gasteiger partial charge on any atom is -0.496 e. The van der Waals surface area contributed by atoms with Gasteiger partial charge >= 0.3 is 0 Å². The van der Waals surface area contributed by atoms with Gasteiger partial charge in [-0.25, -0.2) is 4.68 Å². The summed E-state index contributed by atoms with van der Waals surface area (Å²) in [6, 6.07) is 16.3. The molecule has 0 radical (unpaired) electrons. The van der Waals surface area contributed by atoms with Crippen molar-refractivity contribution in [3.63, 3.8) is 0 Å². The summed E-state index contributed by atoms with van der Waals surface area (Å²) in [5.41, 5.74) is 4.45. The Hall–Kier alpha value is -2.62. The fourth-order valence-corrected chi connectivity index (χ4v) is 2.49. The van der Waals surface area contributed by atoms with Gasteiger partial charge in [0.05, 0.1) is 24.7 Å². The largest absolute Gasteiger partial charge is 0.496 e. The summed E-state index contributed by atoms with van der Waals surface area (Å²) < 4.78 is 7.23. The summed E-state index contributed by atoms with van der Waals surface area (Å²) in [7, 11) is 1.71. The van der Waals surface area contributed by atoms with Crippen LogP contribution in [0.2, 0.25) is 0 Å². The maximum absolute atomic E-state index is 5.42. The van der Waals surface area contributed by atoms with Crippen molar-refractivity contribution in [3.05, 3.63) is 71.5 Å². The highest BCUT2D eigenvalue weighted by Gasteiger charge is 2.07. The molecule has 3 aromatic rings. The SMILES string of the molecule is COc1ccc(C)cc1CCc1cn(-c2ccccc2)nn1. The minimum atomic E-state index is 0.840. The molecule has 4 nitrogen and oxygen atoms in total. The quantitative estimate of drug-likeness (QED) is 0.724.